The van der Waals surface area contributed by atoms with Crippen LogP contribution in [0.2, 0.25) is 0 Å². The Bertz CT molecular complexity index is 193. The van der Waals surface area contributed by atoms with E-state index in [1.54, 1.807) is 6.26 Å². The number of allylic oxidation sites excluding steroid dienone is 2. The van der Waals surface area contributed by atoms with Crippen molar-refractivity contribution in [3.05, 3.63) is 24.2 Å². The van der Waals surface area contributed by atoms with E-state index in [1.165, 1.54) is 37.7 Å². The molecule has 0 amide bonds. The van der Waals surface area contributed by atoms with Crippen molar-refractivity contribution in [1.29, 1.82) is 0 Å². The highest BCUT2D eigenvalue weighted by Crippen LogP contribution is 2.31. The van der Waals surface area contributed by atoms with E-state index < -0.39 is 0 Å². The van der Waals surface area contributed by atoms with Gasteiger partial charge in [-0.05, 0) is 32.3 Å². The van der Waals surface area contributed by atoms with E-state index in [2.05, 4.69) is 20.4 Å². The van der Waals surface area contributed by atoms with Gasteiger partial charge in [0.25, 0.3) is 0 Å². The minimum absolute atomic E-state index is 0.650. The molecule has 0 aromatic heterocycles. The van der Waals surface area contributed by atoms with E-state index in [0.29, 0.717) is 5.92 Å². The van der Waals surface area contributed by atoms with E-state index in [9.17, 15) is 0 Å². The van der Waals surface area contributed by atoms with Crippen molar-refractivity contribution >= 4 is 0 Å². The maximum absolute atomic E-state index is 5.49. The average Bonchev–Trinajstić information content (AvgIpc) is 2.15. The Balaban J connectivity index is 2.63. The normalized spacial score (nSPS) is 18.0. The minimum atomic E-state index is 0.650. The molecule has 0 spiro atoms. The zero-order chi connectivity index (χ0) is 9.68. The average molecular weight is 180 g/mol. The van der Waals surface area contributed by atoms with Crippen molar-refractivity contribution in [2.75, 3.05) is 0 Å². The molecule has 74 valence electrons. The van der Waals surface area contributed by atoms with Crippen molar-refractivity contribution in [2.45, 2.75) is 46.0 Å². The number of rotatable bonds is 3. The zero-order valence-electron chi connectivity index (χ0n) is 8.81. The Hall–Kier alpha value is -0.720. The van der Waals surface area contributed by atoms with Crippen LogP contribution in [0.5, 0.6) is 0 Å². The van der Waals surface area contributed by atoms with Gasteiger partial charge in [-0.25, -0.2) is 0 Å². The van der Waals surface area contributed by atoms with Crippen molar-refractivity contribution < 1.29 is 4.74 Å². The van der Waals surface area contributed by atoms with Gasteiger partial charge in [-0.3, -0.25) is 0 Å². The summed E-state index contributed by atoms with van der Waals surface area (Å²) < 4.78 is 5.49. The first-order chi connectivity index (χ1) is 6.25. The van der Waals surface area contributed by atoms with Gasteiger partial charge in [0, 0.05) is 5.92 Å². The van der Waals surface area contributed by atoms with Crippen molar-refractivity contribution in [2.24, 2.45) is 5.92 Å². The molecule has 0 radical (unpaired) electrons. The smallest absolute Gasteiger partial charge is 0.105 e. The van der Waals surface area contributed by atoms with Gasteiger partial charge < -0.3 is 4.74 Å². The molecule has 0 aromatic rings. The van der Waals surface area contributed by atoms with E-state index in [0.717, 1.165) is 5.76 Å². The third-order valence-electron chi connectivity index (χ3n) is 2.68. The SMILES string of the molecule is C=COC(=C(C)C)C1CCCCC1. The Kier molecular flexibility index (Phi) is 4.07. The lowest BCUT2D eigenvalue weighted by Gasteiger charge is -2.24. The van der Waals surface area contributed by atoms with Crippen LogP contribution in [-0.2, 0) is 4.74 Å². The zero-order valence-corrected chi connectivity index (χ0v) is 8.81. The molecule has 0 atom stereocenters. The first-order valence-corrected chi connectivity index (χ1v) is 5.20. The van der Waals surface area contributed by atoms with Crippen LogP contribution >= 0.6 is 0 Å². The molecule has 0 heterocycles. The third-order valence-corrected chi connectivity index (χ3v) is 2.68. The predicted octanol–water partition coefficient (Wildman–Crippen LogP) is 4.02. The van der Waals surface area contributed by atoms with E-state index >= 15 is 0 Å². The fourth-order valence-corrected chi connectivity index (χ4v) is 2.08. The minimum Gasteiger partial charge on any atom is -0.470 e. The number of hydrogen-bond donors (Lipinski definition) is 0. The summed E-state index contributed by atoms with van der Waals surface area (Å²) in [5.41, 5.74) is 1.30. The largest absolute Gasteiger partial charge is 0.470 e. The van der Waals surface area contributed by atoms with Crippen LogP contribution in [0, 0.1) is 5.92 Å². The van der Waals surface area contributed by atoms with Gasteiger partial charge in [0.1, 0.15) is 5.76 Å². The van der Waals surface area contributed by atoms with Crippen LogP contribution in [-0.4, -0.2) is 0 Å². The van der Waals surface area contributed by atoms with Crippen molar-refractivity contribution in [3.8, 4) is 0 Å². The lowest BCUT2D eigenvalue weighted by molar-refractivity contribution is 0.245. The molecule has 0 unspecified atom stereocenters. The van der Waals surface area contributed by atoms with Gasteiger partial charge in [0.2, 0.25) is 0 Å². The molecule has 0 aromatic carbocycles. The molecular weight excluding hydrogens is 160 g/mol. The molecular formula is C12H20O. The maximum atomic E-state index is 5.49. The van der Waals surface area contributed by atoms with Gasteiger partial charge in [-0.2, -0.15) is 0 Å². The van der Waals surface area contributed by atoms with Crippen molar-refractivity contribution in [1.82, 2.24) is 0 Å². The van der Waals surface area contributed by atoms with Gasteiger partial charge in [0.05, 0.1) is 6.26 Å². The van der Waals surface area contributed by atoms with Gasteiger partial charge in [-0.15, -0.1) is 0 Å². The topological polar surface area (TPSA) is 9.23 Å². The van der Waals surface area contributed by atoms with E-state index in [-0.39, 0.29) is 0 Å². The molecule has 13 heavy (non-hydrogen) atoms. The second kappa shape index (κ2) is 5.11. The van der Waals surface area contributed by atoms with Crippen LogP contribution in [0.4, 0.5) is 0 Å². The summed E-state index contributed by atoms with van der Waals surface area (Å²) in [6, 6.07) is 0. The van der Waals surface area contributed by atoms with Crippen LogP contribution < -0.4 is 0 Å². The molecule has 0 N–H and O–H groups in total. The first kappa shape index (κ1) is 10.4. The molecule has 1 rings (SSSR count). The quantitative estimate of drug-likeness (QED) is 0.596. The molecule has 0 saturated heterocycles. The predicted molar refractivity (Wildman–Crippen MR) is 56.2 cm³/mol. The summed E-state index contributed by atoms with van der Waals surface area (Å²) in [4.78, 5) is 0. The van der Waals surface area contributed by atoms with Crippen LogP contribution in [0.15, 0.2) is 24.2 Å². The highest BCUT2D eigenvalue weighted by Gasteiger charge is 2.19. The lowest BCUT2D eigenvalue weighted by atomic mass is 9.86. The second-order valence-electron chi connectivity index (χ2n) is 3.98. The van der Waals surface area contributed by atoms with Gasteiger partial charge in [-0.1, -0.05) is 25.8 Å². The summed E-state index contributed by atoms with van der Waals surface area (Å²) >= 11 is 0. The monoisotopic (exact) mass is 180 g/mol. The highest BCUT2D eigenvalue weighted by molar-refractivity contribution is 5.08. The molecule has 1 fully saturated rings. The third kappa shape index (κ3) is 2.91. The molecule has 1 aliphatic rings. The summed E-state index contributed by atoms with van der Waals surface area (Å²) in [5, 5.41) is 0. The molecule has 1 aliphatic carbocycles. The standard InChI is InChI=1S/C12H20O/c1-4-13-12(10(2)3)11-8-6-5-7-9-11/h4,11H,1,5-9H2,2-3H3. The summed E-state index contributed by atoms with van der Waals surface area (Å²) in [7, 11) is 0. The van der Waals surface area contributed by atoms with Crippen LogP contribution in [0.1, 0.15) is 46.0 Å². The van der Waals surface area contributed by atoms with Crippen LogP contribution in [0.3, 0.4) is 0 Å². The molecule has 1 nitrogen and oxygen atoms in total. The Morgan fingerprint density at radius 2 is 1.85 bits per heavy atom. The molecule has 0 bridgehead atoms. The maximum Gasteiger partial charge on any atom is 0.105 e. The Morgan fingerprint density at radius 3 is 2.31 bits per heavy atom. The van der Waals surface area contributed by atoms with E-state index in [4.69, 9.17) is 4.74 Å². The first-order valence-electron chi connectivity index (χ1n) is 5.20. The van der Waals surface area contributed by atoms with Crippen molar-refractivity contribution in [3.63, 3.8) is 0 Å². The number of hydrogen-bond acceptors (Lipinski definition) is 1. The molecule has 0 aliphatic heterocycles. The summed E-state index contributed by atoms with van der Waals surface area (Å²) in [6.07, 6.45) is 8.21. The summed E-state index contributed by atoms with van der Waals surface area (Å²) in [6.45, 7) is 7.86. The summed E-state index contributed by atoms with van der Waals surface area (Å²) in [5.74, 6) is 1.81. The van der Waals surface area contributed by atoms with E-state index in [1.807, 2.05) is 0 Å². The lowest BCUT2D eigenvalue weighted by Crippen LogP contribution is -2.11. The van der Waals surface area contributed by atoms with Gasteiger partial charge in [0.15, 0.2) is 0 Å². The molecule has 1 saturated carbocycles. The highest BCUT2D eigenvalue weighted by atomic mass is 16.5. The molecule has 1 heteroatoms. The fraction of sp³-hybridized carbons (Fsp3) is 0.667. The second-order valence-corrected chi connectivity index (χ2v) is 3.98. The number of ether oxygens (including phenoxy) is 1. The fourth-order valence-electron chi connectivity index (χ4n) is 2.08. The Labute approximate surface area is 81.5 Å². The van der Waals surface area contributed by atoms with Gasteiger partial charge >= 0.3 is 0 Å². The Morgan fingerprint density at radius 1 is 1.23 bits per heavy atom. The van der Waals surface area contributed by atoms with Crippen LogP contribution in [0.25, 0.3) is 0 Å².